The predicted octanol–water partition coefficient (Wildman–Crippen LogP) is 3.33. The van der Waals surface area contributed by atoms with Crippen molar-refractivity contribution in [1.29, 1.82) is 0 Å². The van der Waals surface area contributed by atoms with E-state index in [0.29, 0.717) is 0 Å². The van der Waals surface area contributed by atoms with Gasteiger partial charge in [0.2, 0.25) is 5.91 Å². The van der Waals surface area contributed by atoms with Gasteiger partial charge in [-0.15, -0.1) is 0 Å². The molecule has 0 bridgehead atoms. The minimum absolute atomic E-state index is 0.0535. The van der Waals surface area contributed by atoms with Crippen molar-refractivity contribution in [3.05, 3.63) is 64.7 Å². The number of fused-ring (bicyclic) bond motifs is 3. The lowest BCUT2D eigenvalue weighted by Gasteiger charge is -2.32. The van der Waals surface area contributed by atoms with Gasteiger partial charge in [-0.1, -0.05) is 29.8 Å². The number of aryl methyl sites for hydroxylation is 1. The zero-order valence-corrected chi connectivity index (χ0v) is 15.3. The molecular weight excluding hydrogens is 326 g/mol. The normalized spacial score (nSPS) is 23.9. The highest BCUT2D eigenvalue weighted by atomic mass is 16.5. The van der Waals surface area contributed by atoms with E-state index in [2.05, 4.69) is 25.1 Å². The van der Waals surface area contributed by atoms with Gasteiger partial charge in [0.25, 0.3) is 0 Å². The van der Waals surface area contributed by atoms with Gasteiger partial charge < -0.3 is 10.5 Å². The van der Waals surface area contributed by atoms with Crippen molar-refractivity contribution in [1.82, 2.24) is 5.01 Å². The summed E-state index contributed by atoms with van der Waals surface area (Å²) in [4.78, 5) is 12.3. The molecule has 4 rings (SSSR count). The Balaban J connectivity index is 1.81. The number of ether oxygens (including phenoxy) is 1. The first-order chi connectivity index (χ1) is 12.5. The smallest absolute Gasteiger partial charge is 0.240 e. The van der Waals surface area contributed by atoms with Crippen LogP contribution in [0.2, 0.25) is 0 Å². The fourth-order valence-electron chi connectivity index (χ4n) is 4.12. The van der Waals surface area contributed by atoms with E-state index in [4.69, 9.17) is 15.6 Å². The number of hydrogen-bond donors (Lipinski definition) is 1. The first kappa shape index (κ1) is 16.8. The molecule has 2 aliphatic rings. The Bertz CT molecular complexity index is 889. The zero-order chi connectivity index (χ0) is 18.4. The molecule has 1 aliphatic carbocycles. The summed E-state index contributed by atoms with van der Waals surface area (Å²) < 4.78 is 5.26. The Morgan fingerprint density at radius 3 is 2.62 bits per heavy atom. The number of nitrogens with two attached hydrogens (primary N) is 1. The van der Waals surface area contributed by atoms with Crippen LogP contribution in [0.15, 0.2) is 47.6 Å². The van der Waals surface area contributed by atoms with Crippen LogP contribution in [0.1, 0.15) is 47.7 Å². The molecular formula is C21H23N3O2. The standard InChI is InChI=1S/C21H23N3O2/c1-12-4-9-16-17(10-12)20-18(11-19(16)22)21(24(23-20)13(2)25)14-5-7-15(26-3)8-6-14/h4-10,18-19,21H,11,22H2,1-3H3/t18-,19-,21-/m1/s1. The molecule has 2 N–H and O–H groups in total. The molecule has 3 atom stereocenters. The van der Waals surface area contributed by atoms with Gasteiger partial charge in [0.1, 0.15) is 5.75 Å². The Morgan fingerprint density at radius 2 is 1.96 bits per heavy atom. The van der Waals surface area contributed by atoms with E-state index in [1.165, 1.54) is 5.56 Å². The minimum Gasteiger partial charge on any atom is -0.497 e. The molecule has 0 unspecified atom stereocenters. The van der Waals surface area contributed by atoms with Crippen molar-refractivity contribution < 1.29 is 9.53 Å². The third-order valence-electron chi connectivity index (χ3n) is 5.38. The first-order valence-corrected chi connectivity index (χ1v) is 8.88. The van der Waals surface area contributed by atoms with E-state index in [-0.39, 0.29) is 23.9 Å². The number of rotatable bonds is 2. The largest absolute Gasteiger partial charge is 0.497 e. The quantitative estimate of drug-likeness (QED) is 0.904. The lowest BCUT2D eigenvalue weighted by molar-refractivity contribution is -0.131. The van der Waals surface area contributed by atoms with Gasteiger partial charge in [0.05, 0.1) is 18.9 Å². The minimum atomic E-state index is -0.131. The highest BCUT2D eigenvalue weighted by Crippen LogP contribution is 2.46. The van der Waals surface area contributed by atoms with Crippen LogP contribution < -0.4 is 10.5 Å². The molecule has 0 aromatic heterocycles. The van der Waals surface area contributed by atoms with Gasteiger partial charge in [-0.3, -0.25) is 4.79 Å². The van der Waals surface area contributed by atoms with E-state index in [9.17, 15) is 4.79 Å². The Morgan fingerprint density at radius 1 is 1.23 bits per heavy atom. The third kappa shape index (κ3) is 2.59. The maximum atomic E-state index is 12.3. The number of hydrogen-bond acceptors (Lipinski definition) is 4. The average molecular weight is 349 g/mol. The van der Waals surface area contributed by atoms with Crippen molar-refractivity contribution in [2.45, 2.75) is 32.4 Å². The average Bonchev–Trinajstić information content (AvgIpc) is 3.01. The summed E-state index contributed by atoms with van der Waals surface area (Å²) >= 11 is 0. The van der Waals surface area contributed by atoms with Crippen molar-refractivity contribution in [3.8, 4) is 5.75 Å². The SMILES string of the molecule is COc1ccc([C@@H]2[C@@H]3C[C@@H](N)c4ccc(C)cc4C3=NN2C(C)=O)cc1. The lowest BCUT2D eigenvalue weighted by atomic mass is 9.75. The summed E-state index contributed by atoms with van der Waals surface area (Å²) in [6.45, 7) is 3.63. The fourth-order valence-corrected chi connectivity index (χ4v) is 4.12. The van der Waals surface area contributed by atoms with Crippen LogP contribution >= 0.6 is 0 Å². The highest BCUT2D eigenvalue weighted by molar-refractivity contribution is 6.07. The van der Waals surface area contributed by atoms with Gasteiger partial charge in [0, 0.05) is 24.4 Å². The number of amides is 1. The molecule has 1 aliphatic heterocycles. The van der Waals surface area contributed by atoms with Gasteiger partial charge in [0.15, 0.2) is 0 Å². The second-order valence-corrected chi connectivity index (χ2v) is 7.11. The molecule has 134 valence electrons. The third-order valence-corrected chi connectivity index (χ3v) is 5.38. The fraction of sp³-hybridized carbons (Fsp3) is 0.333. The molecule has 0 spiro atoms. The summed E-state index contributed by atoms with van der Waals surface area (Å²) in [6.07, 6.45) is 0.773. The molecule has 0 saturated heterocycles. The molecule has 0 radical (unpaired) electrons. The predicted molar refractivity (Wildman–Crippen MR) is 101 cm³/mol. The number of hydrazone groups is 1. The van der Waals surface area contributed by atoms with Gasteiger partial charge in [-0.05, 0) is 42.7 Å². The molecule has 0 fully saturated rings. The second-order valence-electron chi connectivity index (χ2n) is 7.11. The Kier molecular flexibility index (Phi) is 4.04. The molecule has 26 heavy (non-hydrogen) atoms. The van der Waals surface area contributed by atoms with E-state index in [1.807, 2.05) is 24.3 Å². The molecule has 5 heteroatoms. The van der Waals surface area contributed by atoms with Crippen LogP contribution in [0.3, 0.4) is 0 Å². The van der Waals surface area contributed by atoms with Gasteiger partial charge in [-0.2, -0.15) is 5.10 Å². The Hall–Kier alpha value is -2.66. The number of nitrogens with zero attached hydrogens (tertiary/aromatic N) is 2. The maximum Gasteiger partial charge on any atom is 0.240 e. The highest BCUT2D eigenvalue weighted by Gasteiger charge is 2.44. The molecule has 2 aromatic carbocycles. The monoisotopic (exact) mass is 349 g/mol. The van der Waals surface area contributed by atoms with E-state index < -0.39 is 0 Å². The van der Waals surface area contributed by atoms with E-state index >= 15 is 0 Å². The summed E-state index contributed by atoms with van der Waals surface area (Å²) in [5.41, 5.74) is 11.9. The number of benzene rings is 2. The molecule has 1 amide bonds. The van der Waals surface area contributed by atoms with E-state index in [0.717, 1.165) is 34.6 Å². The van der Waals surface area contributed by atoms with Crippen LogP contribution in [0.25, 0.3) is 0 Å². The zero-order valence-electron chi connectivity index (χ0n) is 15.3. The topological polar surface area (TPSA) is 67.9 Å². The van der Waals surface area contributed by atoms with Crippen molar-refractivity contribution in [2.75, 3.05) is 7.11 Å². The van der Waals surface area contributed by atoms with Gasteiger partial charge >= 0.3 is 0 Å². The molecule has 0 saturated carbocycles. The van der Waals surface area contributed by atoms with Crippen LogP contribution in [0.5, 0.6) is 5.75 Å². The lowest BCUT2D eigenvalue weighted by Crippen LogP contribution is -2.34. The van der Waals surface area contributed by atoms with Crippen molar-refractivity contribution in [3.63, 3.8) is 0 Å². The molecule has 1 heterocycles. The van der Waals surface area contributed by atoms with Crippen LogP contribution in [0, 0.1) is 12.8 Å². The van der Waals surface area contributed by atoms with Crippen molar-refractivity contribution >= 4 is 11.6 Å². The van der Waals surface area contributed by atoms with Crippen molar-refractivity contribution in [2.24, 2.45) is 16.8 Å². The summed E-state index contributed by atoms with van der Waals surface area (Å²) in [7, 11) is 1.65. The Labute approximate surface area is 153 Å². The second kappa shape index (κ2) is 6.25. The summed E-state index contributed by atoms with van der Waals surface area (Å²) in [5.74, 6) is 0.829. The number of methoxy groups -OCH3 is 1. The molecule has 5 nitrogen and oxygen atoms in total. The first-order valence-electron chi connectivity index (χ1n) is 8.88. The van der Waals surface area contributed by atoms with Gasteiger partial charge in [-0.25, -0.2) is 5.01 Å². The van der Waals surface area contributed by atoms with Crippen LogP contribution in [-0.4, -0.2) is 23.7 Å². The van der Waals surface area contributed by atoms with Crippen LogP contribution in [0.4, 0.5) is 0 Å². The number of carbonyl (C=O) groups is 1. The molecule has 2 aromatic rings. The van der Waals surface area contributed by atoms with E-state index in [1.54, 1.807) is 19.0 Å². The summed E-state index contributed by atoms with van der Waals surface area (Å²) in [5, 5.41) is 6.36. The van der Waals surface area contributed by atoms with Crippen LogP contribution in [-0.2, 0) is 4.79 Å². The summed E-state index contributed by atoms with van der Waals surface area (Å²) in [6, 6.07) is 14.0. The maximum absolute atomic E-state index is 12.3. The number of carbonyl (C=O) groups excluding carboxylic acids is 1.